The van der Waals surface area contributed by atoms with Gasteiger partial charge in [0.1, 0.15) is 0 Å². The second-order valence-corrected chi connectivity index (χ2v) is 7.00. The number of ketones is 1. The standard InChI is InChI=1S/C18H22O/c1-11-12(2)18(6)14-10-8-7-9-13(14)17(11,5)15(19)16(18,3)4/h7-10H,1-6H3/t17-,18-/m0/s1. The van der Waals surface area contributed by atoms with E-state index in [9.17, 15) is 4.79 Å². The van der Waals surface area contributed by atoms with Crippen LogP contribution in [-0.2, 0) is 15.6 Å². The van der Waals surface area contributed by atoms with E-state index in [0.717, 1.165) is 0 Å². The lowest BCUT2D eigenvalue weighted by atomic mass is 9.41. The smallest absolute Gasteiger partial charge is 0.153 e. The molecular formula is C18H22O. The monoisotopic (exact) mass is 254 g/mol. The molecule has 19 heavy (non-hydrogen) atoms. The van der Waals surface area contributed by atoms with Crippen molar-refractivity contribution in [2.24, 2.45) is 5.41 Å². The third-order valence-corrected chi connectivity index (χ3v) is 6.34. The Bertz CT molecular complexity index is 635. The van der Waals surface area contributed by atoms with Gasteiger partial charge in [-0.25, -0.2) is 0 Å². The van der Waals surface area contributed by atoms with Crippen molar-refractivity contribution in [1.82, 2.24) is 0 Å². The van der Waals surface area contributed by atoms with Gasteiger partial charge in [0.25, 0.3) is 0 Å². The molecule has 3 aliphatic carbocycles. The lowest BCUT2D eigenvalue weighted by Crippen LogP contribution is -2.62. The Balaban J connectivity index is 2.54. The van der Waals surface area contributed by atoms with Gasteiger partial charge in [-0.2, -0.15) is 0 Å². The molecule has 0 N–H and O–H groups in total. The van der Waals surface area contributed by atoms with Crippen molar-refractivity contribution in [3.05, 3.63) is 46.5 Å². The number of fused-ring (bicyclic) bond motifs is 1. The van der Waals surface area contributed by atoms with Gasteiger partial charge >= 0.3 is 0 Å². The summed E-state index contributed by atoms with van der Waals surface area (Å²) in [7, 11) is 0. The van der Waals surface area contributed by atoms with Gasteiger partial charge in [0.15, 0.2) is 5.78 Å². The Morgan fingerprint density at radius 2 is 1.37 bits per heavy atom. The molecule has 1 heteroatoms. The summed E-state index contributed by atoms with van der Waals surface area (Å²) >= 11 is 0. The predicted molar refractivity (Wildman–Crippen MR) is 78.3 cm³/mol. The molecule has 0 aliphatic heterocycles. The Labute approximate surface area is 115 Å². The summed E-state index contributed by atoms with van der Waals surface area (Å²) in [6, 6.07) is 8.49. The van der Waals surface area contributed by atoms with Crippen molar-refractivity contribution in [1.29, 1.82) is 0 Å². The number of allylic oxidation sites excluding steroid dienone is 2. The summed E-state index contributed by atoms with van der Waals surface area (Å²) < 4.78 is 0. The van der Waals surface area contributed by atoms with E-state index in [1.807, 2.05) is 0 Å². The molecule has 0 saturated carbocycles. The molecule has 0 saturated heterocycles. The highest BCUT2D eigenvalue weighted by atomic mass is 16.1. The fourth-order valence-corrected chi connectivity index (χ4v) is 4.46. The maximum Gasteiger partial charge on any atom is 0.153 e. The number of hydrogen-bond acceptors (Lipinski definition) is 1. The molecule has 1 aromatic carbocycles. The van der Waals surface area contributed by atoms with Gasteiger partial charge in [-0.3, -0.25) is 4.79 Å². The number of rotatable bonds is 0. The maximum absolute atomic E-state index is 13.1. The third-order valence-electron chi connectivity index (χ3n) is 6.34. The number of Topliss-reactive ketones (excluding diaryl/α,β-unsaturated/α-hetero) is 1. The van der Waals surface area contributed by atoms with E-state index in [1.165, 1.54) is 22.3 Å². The van der Waals surface area contributed by atoms with Crippen molar-refractivity contribution in [2.45, 2.75) is 52.4 Å². The van der Waals surface area contributed by atoms with Gasteiger partial charge in [-0.05, 0) is 31.9 Å². The van der Waals surface area contributed by atoms with Crippen molar-refractivity contribution in [3.63, 3.8) is 0 Å². The molecule has 0 amide bonds. The average molecular weight is 254 g/mol. The fourth-order valence-electron chi connectivity index (χ4n) is 4.46. The lowest BCUT2D eigenvalue weighted by molar-refractivity contribution is -0.137. The van der Waals surface area contributed by atoms with Crippen LogP contribution in [0.5, 0.6) is 0 Å². The molecule has 0 unspecified atom stereocenters. The Hall–Kier alpha value is -1.37. The Kier molecular flexibility index (Phi) is 2.13. The average Bonchev–Trinajstić information content (AvgIpc) is 2.40. The molecule has 0 heterocycles. The summed E-state index contributed by atoms with van der Waals surface area (Å²) in [5.41, 5.74) is 4.20. The zero-order chi connectivity index (χ0) is 14.2. The topological polar surface area (TPSA) is 17.1 Å². The van der Waals surface area contributed by atoms with Crippen LogP contribution in [0.1, 0.15) is 52.7 Å². The summed E-state index contributed by atoms with van der Waals surface area (Å²) in [5, 5.41) is 0. The lowest BCUT2D eigenvalue weighted by Gasteiger charge is -2.60. The Morgan fingerprint density at radius 3 is 1.95 bits per heavy atom. The quantitative estimate of drug-likeness (QED) is 0.635. The largest absolute Gasteiger partial charge is 0.298 e. The minimum Gasteiger partial charge on any atom is -0.298 e. The molecule has 0 spiro atoms. The predicted octanol–water partition coefficient (Wildman–Crippen LogP) is 4.16. The number of carbonyl (C=O) groups excluding carboxylic acids is 1. The van der Waals surface area contributed by atoms with Crippen LogP contribution in [-0.4, -0.2) is 5.78 Å². The van der Waals surface area contributed by atoms with Crippen LogP contribution in [0, 0.1) is 5.41 Å². The van der Waals surface area contributed by atoms with Gasteiger partial charge < -0.3 is 0 Å². The zero-order valence-corrected chi connectivity index (χ0v) is 12.7. The molecule has 0 fully saturated rings. The third kappa shape index (κ3) is 1.04. The van der Waals surface area contributed by atoms with E-state index < -0.39 is 5.41 Å². The van der Waals surface area contributed by atoms with Crippen LogP contribution in [0.4, 0.5) is 0 Å². The van der Waals surface area contributed by atoms with Crippen LogP contribution < -0.4 is 0 Å². The molecule has 4 rings (SSSR count). The van der Waals surface area contributed by atoms with Crippen LogP contribution >= 0.6 is 0 Å². The molecule has 0 aromatic heterocycles. The summed E-state index contributed by atoms with van der Waals surface area (Å²) in [5.74, 6) is 0.365. The van der Waals surface area contributed by atoms with Crippen molar-refractivity contribution in [2.75, 3.05) is 0 Å². The van der Waals surface area contributed by atoms with Gasteiger partial charge in [0, 0.05) is 10.8 Å². The first kappa shape index (κ1) is 12.7. The van der Waals surface area contributed by atoms with E-state index >= 15 is 0 Å². The molecule has 2 atom stereocenters. The van der Waals surface area contributed by atoms with E-state index in [1.54, 1.807) is 0 Å². The van der Waals surface area contributed by atoms with Crippen molar-refractivity contribution < 1.29 is 4.79 Å². The van der Waals surface area contributed by atoms with Gasteiger partial charge in [0.2, 0.25) is 0 Å². The number of carbonyl (C=O) groups is 1. The van der Waals surface area contributed by atoms with E-state index in [2.05, 4.69) is 65.8 Å². The molecule has 2 bridgehead atoms. The first-order chi connectivity index (χ1) is 8.70. The minimum atomic E-state index is -0.443. The highest BCUT2D eigenvalue weighted by Gasteiger charge is 2.64. The first-order valence-electron chi connectivity index (χ1n) is 7.03. The summed E-state index contributed by atoms with van der Waals surface area (Å²) in [6.45, 7) is 12.9. The Morgan fingerprint density at radius 1 is 0.842 bits per heavy atom. The highest BCUT2D eigenvalue weighted by molar-refractivity contribution is 6.03. The molecule has 100 valence electrons. The number of hydrogen-bond donors (Lipinski definition) is 0. The second kappa shape index (κ2) is 3.20. The van der Waals surface area contributed by atoms with Crippen LogP contribution in [0.15, 0.2) is 35.4 Å². The van der Waals surface area contributed by atoms with Gasteiger partial charge in [-0.15, -0.1) is 0 Å². The normalized spacial score (nSPS) is 35.6. The molecule has 3 aliphatic rings. The molecule has 1 nitrogen and oxygen atoms in total. The SMILES string of the molecule is CC1=C(C)[C@@]2(C)c3ccccc3[C@@]1(C)C(=O)C2(C)C. The first-order valence-corrected chi connectivity index (χ1v) is 7.03. The number of benzene rings is 1. The van der Waals surface area contributed by atoms with Crippen molar-refractivity contribution in [3.8, 4) is 0 Å². The second-order valence-electron chi connectivity index (χ2n) is 7.00. The van der Waals surface area contributed by atoms with Crippen LogP contribution in [0.3, 0.4) is 0 Å². The van der Waals surface area contributed by atoms with E-state index in [0.29, 0.717) is 5.78 Å². The maximum atomic E-state index is 13.1. The van der Waals surface area contributed by atoms with Gasteiger partial charge in [0.05, 0.1) is 5.41 Å². The highest BCUT2D eigenvalue weighted by Crippen LogP contribution is 2.63. The van der Waals surface area contributed by atoms with E-state index in [-0.39, 0.29) is 10.8 Å². The van der Waals surface area contributed by atoms with Crippen LogP contribution in [0.25, 0.3) is 0 Å². The van der Waals surface area contributed by atoms with Gasteiger partial charge in [-0.1, -0.05) is 56.2 Å². The molecule has 0 radical (unpaired) electrons. The van der Waals surface area contributed by atoms with Crippen LogP contribution in [0.2, 0.25) is 0 Å². The summed E-state index contributed by atoms with van der Waals surface area (Å²) in [6.07, 6.45) is 0. The van der Waals surface area contributed by atoms with Crippen molar-refractivity contribution >= 4 is 5.78 Å². The molecular weight excluding hydrogens is 232 g/mol. The van der Waals surface area contributed by atoms with E-state index in [4.69, 9.17) is 0 Å². The zero-order valence-electron chi connectivity index (χ0n) is 12.7. The fraction of sp³-hybridized carbons (Fsp3) is 0.500. The minimum absolute atomic E-state index is 0.178. The molecule has 1 aromatic rings. The summed E-state index contributed by atoms with van der Waals surface area (Å²) in [4.78, 5) is 13.1.